The summed E-state index contributed by atoms with van der Waals surface area (Å²) in [4.78, 5) is 28.6. The molecular weight excluding hydrogens is 879 g/mol. The maximum atomic E-state index is 12.5. The lowest BCUT2D eigenvalue weighted by Crippen LogP contribution is -2.47. The molecule has 0 saturated carbocycles. The van der Waals surface area contributed by atoms with E-state index < -0.39 is 32.7 Å². The van der Waals surface area contributed by atoms with Crippen molar-refractivity contribution in [1.82, 2.24) is 14.5 Å². The van der Waals surface area contributed by atoms with E-state index in [9.17, 15) is 23.1 Å². The van der Waals surface area contributed by atoms with Gasteiger partial charge in [0, 0.05) is 64.6 Å². The summed E-state index contributed by atoms with van der Waals surface area (Å²) < 4.78 is 48.5. The molecule has 4 aliphatic heterocycles. The number of carboxylic acid groups (broad SMARTS) is 1. The molecule has 0 spiro atoms. The van der Waals surface area contributed by atoms with Gasteiger partial charge in [0.25, 0.3) is 0 Å². The summed E-state index contributed by atoms with van der Waals surface area (Å²) in [6.45, 7) is 18.0. The summed E-state index contributed by atoms with van der Waals surface area (Å²) in [5.74, 6) is 0.577. The predicted octanol–water partition coefficient (Wildman–Crippen LogP) is 9.08. The van der Waals surface area contributed by atoms with Crippen molar-refractivity contribution < 1.29 is 42.1 Å². The Morgan fingerprint density at radius 3 is 1.43 bits per heavy atom. The zero-order valence-corrected chi connectivity index (χ0v) is 42.2. The highest BCUT2D eigenvalue weighted by molar-refractivity contribution is 7.89. The van der Waals surface area contributed by atoms with E-state index in [2.05, 4.69) is 95.1 Å². The monoisotopic (exact) mass is 947 g/mol. The number of carbonyl (C=O) groups is 2. The zero-order chi connectivity index (χ0) is 49.0. The van der Waals surface area contributed by atoms with Crippen molar-refractivity contribution in [2.24, 2.45) is 10.8 Å². The number of nitrogens with zero attached hydrogens (tertiary/aromatic N) is 2. The van der Waals surface area contributed by atoms with Gasteiger partial charge < -0.3 is 33.9 Å². The summed E-state index contributed by atoms with van der Waals surface area (Å²) in [6.07, 6.45) is 4.57. The van der Waals surface area contributed by atoms with Gasteiger partial charge in [0.05, 0.1) is 30.3 Å². The molecule has 8 rings (SSSR count). The minimum Gasteiger partial charge on any atom is -0.488 e. The number of hydrogen-bond donors (Lipinski definition) is 2. The Labute approximate surface area is 403 Å². The van der Waals surface area contributed by atoms with Crippen molar-refractivity contribution >= 4 is 33.0 Å². The Morgan fingerprint density at radius 1 is 0.632 bits per heavy atom. The average molecular weight is 948 g/mol. The van der Waals surface area contributed by atoms with Crippen LogP contribution >= 0.6 is 0 Å². The number of likely N-dealkylation sites (tertiary alicyclic amines) is 2. The first kappa shape index (κ1) is 50.6. The van der Waals surface area contributed by atoms with Gasteiger partial charge in [-0.2, -0.15) is 0 Å². The first-order valence-electron chi connectivity index (χ1n) is 23.6. The van der Waals surface area contributed by atoms with Crippen LogP contribution in [0.25, 0.3) is 11.1 Å². The Morgan fingerprint density at radius 2 is 1.04 bits per heavy atom. The molecule has 0 bridgehead atoms. The number of benzene rings is 4. The second-order valence-corrected chi connectivity index (χ2v) is 22.0. The topological polar surface area (TPSA) is 144 Å². The maximum absolute atomic E-state index is 12.5. The number of amides is 1. The highest BCUT2D eigenvalue weighted by Crippen LogP contribution is 2.44. The van der Waals surface area contributed by atoms with Crippen LogP contribution in [0, 0.1) is 24.7 Å². The van der Waals surface area contributed by atoms with Crippen molar-refractivity contribution in [3.8, 4) is 11.5 Å². The summed E-state index contributed by atoms with van der Waals surface area (Å²) >= 11 is 0. The molecule has 2 saturated heterocycles. The summed E-state index contributed by atoms with van der Waals surface area (Å²) in [5.41, 5.74) is 15.5. The summed E-state index contributed by atoms with van der Waals surface area (Å²) in [7, 11) is -0.170. The first-order chi connectivity index (χ1) is 32.2. The molecular formula is C55H69N3O9S. The Hall–Kier alpha value is -5.31. The molecule has 2 N–H and O–H groups in total. The van der Waals surface area contributed by atoms with E-state index in [4.69, 9.17) is 18.9 Å². The van der Waals surface area contributed by atoms with Crippen molar-refractivity contribution in [2.75, 3.05) is 59.7 Å². The lowest BCUT2D eigenvalue weighted by atomic mass is 9.85. The zero-order valence-electron chi connectivity index (χ0n) is 41.3. The van der Waals surface area contributed by atoms with Gasteiger partial charge in [-0.3, -0.25) is 14.3 Å². The Bertz CT molecular complexity index is 2700. The fourth-order valence-corrected chi connectivity index (χ4v) is 10.5. The fourth-order valence-electron chi connectivity index (χ4n) is 9.87. The van der Waals surface area contributed by atoms with Crippen LogP contribution < -0.4 is 14.2 Å². The van der Waals surface area contributed by atoms with Crippen LogP contribution in [0.4, 0.5) is 0 Å². The third-order valence-corrected chi connectivity index (χ3v) is 14.0. The molecule has 364 valence electrons. The van der Waals surface area contributed by atoms with Crippen LogP contribution in [0.2, 0.25) is 0 Å². The third-order valence-electron chi connectivity index (χ3n) is 13.4. The van der Waals surface area contributed by atoms with Gasteiger partial charge in [0.2, 0.25) is 15.9 Å². The van der Waals surface area contributed by atoms with Crippen LogP contribution in [0.5, 0.6) is 11.5 Å². The van der Waals surface area contributed by atoms with Crippen molar-refractivity contribution in [1.29, 1.82) is 0 Å². The van der Waals surface area contributed by atoms with Crippen LogP contribution in [-0.4, -0.2) is 94.9 Å². The van der Waals surface area contributed by atoms with Crippen LogP contribution in [0.3, 0.4) is 0 Å². The average Bonchev–Trinajstić information content (AvgIpc) is 3.54. The molecule has 12 nitrogen and oxygen atoms in total. The second-order valence-electron chi connectivity index (χ2n) is 20.2. The van der Waals surface area contributed by atoms with E-state index in [-0.39, 0.29) is 0 Å². The van der Waals surface area contributed by atoms with Crippen LogP contribution in [-0.2, 0) is 55.5 Å². The molecule has 68 heavy (non-hydrogen) atoms. The number of rotatable bonds is 11. The van der Waals surface area contributed by atoms with Crippen LogP contribution in [0.15, 0.2) is 83.9 Å². The molecule has 4 aromatic carbocycles. The number of carbonyl (C=O) groups excluding carboxylic acids is 1. The molecule has 13 heteroatoms. The Kier molecular flexibility index (Phi) is 15.7. The number of aliphatic carboxylic acids is 1. The van der Waals surface area contributed by atoms with Crippen molar-refractivity contribution in [3.05, 3.63) is 140 Å². The number of aryl methyl sites for hydroxylation is 2. The standard InChI is InChI=1S/C28H36N2O5S.C27H33NO4/c1-19-6-8-23-22(14-19)17-35-25-9-7-20(16-34-4)15-24(25)26(23)21-10-12-30(13-11-21)18-28(2,3)27(31)29-36(5,32)33;1-18-5-7-22-21(13-18)16-32-24-8-6-19(15-31-4)14-23(24)25(22)20-9-11-28(12-10-20)17-27(2,3)26(29)30/h6-9,14-15H,10-13,16-18H2,1-5H3,(H,29,31);5-8,13-14H,9-12,15-17H2,1-4H3,(H,29,30). The summed E-state index contributed by atoms with van der Waals surface area (Å²) in [5, 5.41) is 9.51. The fraction of sp³-hybridized carbons (Fsp3) is 0.455. The number of methoxy groups -OCH3 is 2. The van der Waals surface area contributed by atoms with Gasteiger partial charge in [0.1, 0.15) is 24.7 Å². The van der Waals surface area contributed by atoms with E-state index in [0.29, 0.717) is 39.5 Å². The van der Waals surface area contributed by atoms with Gasteiger partial charge in [-0.15, -0.1) is 0 Å². The quantitative estimate of drug-likeness (QED) is 0.149. The Balaban J connectivity index is 0.000000203. The lowest BCUT2D eigenvalue weighted by Gasteiger charge is -2.35. The first-order valence-corrected chi connectivity index (χ1v) is 25.5. The minimum atomic E-state index is -3.59. The van der Waals surface area contributed by atoms with Gasteiger partial charge in [-0.1, -0.05) is 70.8 Å². The maximum Gasteiger partial charge on any atom is 0.310 e. The normalized spacial score (nSPS) is 16.7. The lowest BCUT2D eigenvalue weighted by molar-refractivity contribution is -0.148. The molecule has 0 unspecified atom stereocenters. The SMILES string of the molecule is COCc1ccc2c(c1)C(=C1CCN(CC(C)(C)C(=O)NS(C)(=O)=O)CC1)c1ccc(C)cc1CO2.COCc1ccc2c(c1)C(=C1CCN(CC(C)(C)C(=O)O)CC1)c1ccc(C)cc1CO2. The van der Waals surface area contributed by atoms with Gasteiger partial charge in [0.15, 0.2) is 0 Å². The van der Waals surface area contributed by atoms with E-state index >= 15 is 0 Å². The van der Waals surface area contributed by atoms with Gasteiger partial charge in [-0.25, -0.2) is 8.42 Å². The number of ether oxygens (including phenoxy) is 4. The predicted molar refractivity (Wildman–Crippen MR) is 267 cm³/mol. The molecule has 0 aromatic heterocycles. The molecule has 0 radical (unpaired) electrons. The molecule has 4 aromatic rings. The van der Waals surface area contributed by atoms with Gasteiger partial charge >= 0.3 is 5.97 Å². The summed E-state index contributed by atoms with van der Waals surface area (Å²) in [6, 6.07) is 25.8. The number of piperidine rings is 2. The molecule has 2 fully saturated rings. The number of nitrogens with one attached hydrogen (secondary N) is 1. The molecule has 4 heterocycles. The van der Waals surface area contributed by atoms with E-state index in [1.807, 2.05) is 6.07 Å². The molecule has 0 aliphatic carbocycles. The number of fused-ring (bicyclic) bond motifs is 4. The highest BCUT2D eigenvalue weighted by Gasteiger charge is 2.35. The second kappa shape index (κ2) is 21.1. The molecule has 1 amide bonds. The van der Waals surface area contributed by atoms with Gasteiger partial charge in [-0.05, 0) is 136 Å². The number of hydrogen-bond acceptors (Lipinski definition) is 10. The van der Waals surface area contributed by atoms with E-state index in [1.54, 1.807) is 41.9 Å². The molecule has 4 aliphatic rings. The molecule has 0 atom stereocenters. The smallest absolute Gasteiger partial charge is 0.310 e. The number of sulfonamides is 1. The van der Waals surface area contributed by atoms with E-state index in [0.717, 1.165) is 91.9 Å². The van der Waals surface area contributed by atoms with Crippen LogP contribution in [0.1, 0.15) is 109 Å². The van der Waals surface area contributed by atoms with E-state index in [1.165, 1.54) is 55.7 Å². The number of carboxylic acids is 1. The highest BCUT2D eigenvalue weighted by atomic mass is 32.2. The largest absolute Gasteiger partial charge is 0.488 e. The third kappa shape index (κ3) is 12.1. The van der Waals surface area contributed by atoms with Crippen molar-refractivity contribution in [2.45, 2.75) is 93.7 Å². The van der Waals surface area contributed by atoms with Crippen molar-refractivity contribution in [3.63, 3.8) is 0 Å². The minimum absolute atomic E-state index is 0.473.